The van der Waals surface area contributed by atoms with Crippen molar-refractivity contribution in [2.24, 2.45) is 5.14 Å². The van der Waals surface area contributed by atoms with Crippen molar-refractivity contribution in [2.45, 2.75) is 29.8 Å². The first-order valence-electron chi connectivity index (χ1n) is 11.4. The molecule has 2 heterocycles. The van der Waals surface area contributed by atoms with E-state index < -0.39 is 102 Å². The third-order valence-corrected chi connectivity index (χ3v) is 6.95. The summed E-state index contributed by atoms with van der Waals surface area (Å²) in [4.78, 5) is 20.6. The fourth-order valence-corrected chi connectivity index (χ4v) is 4.77. The summed E-state index contributed by atoms with van der Waals surface area (Å²) < 4.78 is 160. The molecule has 7 nitrogen and oxygen atoms in total. The molecule has 0 aliphatic rings. The molecule has 0 radical (unpaired) electrons. The van der Waals surface area contributed by atoms with Crippen LogP contribution in [0.1, 0.15) is 27.8 Å². The van der Waals surface area contributed by atoms with E-state index in [0.29, 0.717) is 48.7 Å². The van der Waals surface area contributed by atoms with Crippen LogP contribution in [0, 0.1) is 5.82 Å². The fourth-order valence-electron chi connectivity index (χ4n) is 4.02. The highest BCUT2D eigenvalue weighted by Crippen LogP contribution is 2.40. The van der Waals surface area contributed by atoms with Crippen LogP contribution in [0.3, 0.4) is 0 Å². The number of nitrogens with one attached hydrogen (secondary N) is 1. The summed E-state index contributed by atoms with van der Waals surface area (Å²) >= 11 is 0. The summed E-state index contributed by atoms with van der Waals surface area (Å²) in [5, 5.41) is 5.06. The Kier molecular flexibility index (Phi) is 7.90. The highest BCUT2D eigenvalue weighted by Gasteiger charge is 2.37. The molecule has 0 saturated carbocycles. The number of sulfonamides is 1. The van der Waals surface area contributed by atoms with Crippen molar-refractivity contribution in [3.8, 4) is 22.8 Å². The lowest BCUT2D eigenvalue weighted by molar-refractivity contribution is -0.138. The summed E-state index contributed by atoms with van der Waals surface area (Å²) in [7, 11) is -4.68. The van der Waals surface area contributed by atoms with Crippen LogP contribution in [0.2, 0.25) is 0 Å². The van der Waals surface area contributed by atoms with Crippen molar-refractivity contribution in [3.63, 3.8) is 0 Å². The van der Waals surface area contributed by atoms with E-state index in [1.807, 2.05) is 4.98 Å². The Morgan fingerprint density at radius 2 is 1.40 bits per heavy atom. The molecule has 0 unspecified atom stereocenters. The third kappa shape index (κ3) is 6.85. The van der Waals surface area contributed by atoms with E-state index in [1.165, 1.54) is 0 Å². The molecule has 0 aliphatic carbocycles. The van der Waals surface area contributed by atoms with Gasteiger partial charge in [0.05, 0.1) is 38.5 Å². The highest BCUT2D eigenvalue weighted by atomic mass is 32.2. The van der Waals surface area contributed by atoms with Gasteiger partial charge in [0.25, 0.3) is 5.56 Å². The Bertz CT molecular complexity index is 1870. The molecule has 43 heavy (non-hydrogen) atoms. The van der Waals surface area contributed by atoms with Crippen LogP contribution in [-0.4, -0.2) is 23.4 Å². The van der Waals surface area contributed by atoms with Crippen LogP contribution in [-0.2, 0) is 35.0 Å². The molecule has 18 heteroatoms. The average molecular weight is 640 g/mol. The number of hydrogen-bond donors (Lipinski definition) is 2. The minimum absolute atomic E-state index is 0.334. The number of primary sulfonamides is 1. The predicted molar refractivity (Wildman–Crippen MR) is 129 cm³/mol. The number of halogens is 10. The van der Waals surface area contributed by atoms with Crippen molar-refractivity contribution >= 4 is 10.0 Å². The molecular weight excluding hydrogens is 626 g/mol. The van der Waals surface area contributed by atoms with Gasteiger partial charge in [-0.2, -0.15) is 39.5 Å². The van der Waals surface area contributed by atoms with E-state index in [2.05, 4.69) is 9.97 Å². The maximum atomic E-state index is 15.8. The largest absolute Gasteiger partial charge is 0.417 e. The van der Waals surface area contributed by atoms with Crippen molar-refractivity contribution in [2.75, 3.05) is 0 Å². The Hall–Kier alpha value is -4.32. The molecule has 0 amide bonds. The summed E-state index contributed by atoms with van der Waals surface area (Å²) in [6.07, 6.45) is -15.7. The average Bonchev–Trinajstić information content (AvgIpc) is 2.87. The number of nitrogens with zero attached hydrogens (tertiary/aromatic N) is 2. The van der Waals surface area contributed by atoms with Gasteiger partial charge in [0.15, 0.2) is 0 Å². The molecule has 2 aromatic carbocycles. The van der Waals surface area contributed by atoms with E-state index in [1.54, 1.807) is 0 Å². The second-order valence-electron chi connectivity index (χ2n) is 8.91. The molecule has 3 N–H and O–H groups in total. The quantitative estimate of drug-likeness (QED) is 0.262. The normalized spacial score (nSPS) is 12.9. The zero-order chi connectivity index (χ0) is 32.1. The van der Waals surface area contributed by atoms with Crippen LogP contribution in [0.4, 0.5) is 43.9 Å². The van der Waals surface area contributed by atoms with Crippen molar-refractivity contribution in [1.82, 2.24) is 15.0 Å². The summed E-state index contributed by atoms with van der Waals surface area (Å²) in [6, 6.07) is 4.14. The minimum atomic E-state index is -5.28. The van der Waals surface area contributed by atoms with Gasteiger partial charge in [0.2, 0.25) is 10.0 Å². The highest BCUT2D eigenvalue weighted by molar-refractivity contribution is 7.89. The summed E-state index contributed by atoms with van der Waals surface area (Å²) in [6.45, 7) is 0. The van der Waals surface area contributed by atoms with Gasteiger partial charge in [-0.1, -0.05) is 6.07 Å². The molecular formula is C25H14F10N4O3S. The lowest BCUT2D eigenvalue weighted by Crippen LogP contribution is -2.17. The fraction of sp³-hybridized carbons (Fsp3) is 0.160. The van der Waals surface area contributed by atoms with E-state index >= 15 is 4.39 Å². The molecule has 0 aliphatic heterocycles. The maximum Gasteiger partial charge on any atom is 0.417 e. The van der Waals surface area contributed by atoms with E-state index in [0.717, 1.165) is 6.07 Å². The van der Waals surface area contributed by atoms with Crippen molar-refractivity contribution < 1.29 is 52.3 Å². The Morgan fingerprint density at radius 3 is 1.93 bits per heavy atom. The van der Waals surface area contributed by atoms with Crippen LogP contribution >= 0.6 is 0 Å². The molecule has 0 bridgehead atoms. The number of rotatable bonds is 5. The van der Waals surface area contributed by atoms with Gasteiger partial charge in [0, 0.05) is 18.7 Å². The molecule has 2 aromatic heterocycles. The van der Waals surface area contributed by atoms with Gasteiger partial charge in [-0.25, -0.2) is 22.9 Å². The predicted octanol–water partition coefficient (Wildman–Crippen LogP) is 5.93. The number of aromatic nitrogens is 3. The van der Waals surface area contributed by atoms with Crippen LogP contribution in [0.5, 0.6) is 0 Å². The van der Waals surface area contributed by atoms with Crippen molar-refractivity contribution in [3.05, 3.63) is 98.7 Å². The van der Waals surface area contributed by atoms with Crippen LogP contribution in [0.15, 0.2) is 64.4 Å². The SMILES string of the molecule is NS(=O)(=O)c1ccc(C(F)(F)F)cc1Cc1ccc(C(F)(F)F)c(-c2nc(-c3ccc(C(F)(F)F)cn3)cc(=O)[nH]2)c1F. The molecule has 0 spiro atoms. The van der Waals surface area contributed by atoms with Gasteiger partial charge in [-0.3, -0.25) is 9.78 Å². The first kappa shape index (κ1) is 31.6. The van der Waals surface area contributed by atoms with E-state index in [4.69, 9.17) is 5.14 Å². The maximum absolute atomic E-state index is 15.8. The number of benzene rings is 2. The second-order valence-corrected chi connectivity index (χ2v) is 10.4. The monoisotopic (exact) mass is 640 g/mol. The number of hydrogen-bond acceptors (Lipinski definition) is 5. The van der Waals surface area contributed by atoms with Gasteiger partial charge >= 0.3 is 18.5 Å². The number of H-pyrrole nitrogens is 1. The Morgan fingerprint density at radius 1 is 0.767 bits per heavy atom. The van der Waals surface area contributed by atoms with Gasteiger partial charge in [-0.15, -0.1) is 0 Å². The van der Waals surface area contributed by atoms with Crippen LogP contribution < -0.4 is 10.7 Å². The van der Waals surface area contributed by atoms with Gasteiger partial charge in [0.1, 0.15) is 11.6 Å². The summed E-state index contributed by atoms with van der Waals surface area (Å²) in [5.41, 5.74) is -9.15. The first-order valence-corrected chi connectivity index (χ1v) is 13.0. The first-order chi connectivity index (χ1) is 19.7. The van der Waals surface area contributed by atoms with E-state index in [-0.39, 0.29) is 0 Å². The third-order valence-electron chi connectivity index (χ3n) is 5.93. The smallest absolute Gasteiger partial charge is 0.306 e. The lowest BCUT2D eigenvalue weighted by Gasteiger charge is -2.17. The molecule has 0 atom stereocenters. The molecule has 0 saturated heterocycles. The topological polar surface area (TPSA) is 119 Å². The molecule has 228 valence electrons. The number of alkyl halides is 9. The van der Waals surface area contributed by atoms with Crippen molar-refractivity contribution in [1.29, 1.82) is 0 Å². The van der Waals surface area contributed by atoms with E-state index in [9.17, 15) is 52.7 Å². The Balaban J connectivity index is 1.92. The lowest BCUT2D eigenvalue weighted by atomic mass is 9.96. The zero-order valence-corrected chi connectivity index (χ0v) is 21.6. The zero-order valence-electron chi connectivity index (χ0n) is 20.8. The molecule has 4 aromatic rings. The number of nitrogens with two attached hydrogens (primary N) is 1. The minimum Gasteiger partial charge on any atom is -0.306 e. The van der Waals surface area contributed by atoms with Gasteiger partial charge < -0.3 is 4.98 Å². The van der Waals surface area contributed by atoms with Crippen LogP contribution in [0.25, 0.3) is 22.8 Å². The van der Waals surface area contributed by atoms with Gasteiger partial charge in [-0.05, 0) is 47.5 Å². The second kappa shape index (κ2) is 10.7. The number of aromatic amines is 1. The standard InChI is InChI=1S/C25H14F10N4O3S/c26-21-11(7-12-8-13(23(27,28)29)3-6-18(12)43(36,41)42)1-4-15(25(33,34)35)20(21)22-38-17(9-19(40)39-22)16-5-2-14(10-37-16)24(30,31)32/h1-6,8-10H,7H2,(H2,36,41,42)(H,38,39,40). The summed E-state index contributed by atoms with van der Waals surface area (Å²) in [5.74, 6) is -2.79. The molecule has 0 fully saturated rings. The Labute approximate surface area is 234 Å². The number of pyridine rings is 1. The molecule has 4 rings (SSSR count).